The number of carbonyl (C=O) groups is 2. The maximum Gasteiger partial charge on any atom is 0.196 e. The maximum absolute atomic E-state index is 12.7. The Balaban J connectivity index is 2.31. The van der Waals surface area contributed by atoms with Crippen molar-refractivity contribution in [2.24, 2.45) is 22.2 Å². The van der Waals surface area contributed by atoms with Crippen LogP contribution in [0.2, 0.25) is 0 Å². The summed E-state index contributed by atoms with van der Waals surface area (Å²) >= 11 is 0. The molecule has 0 amide bonds. The minimum atomic E-state index is -0.822. The van der Waals surface area contributed by atoms with E-state index in [9.17, 15) is 20.1 Å². The first-order chi connectivity index (χ1) is 11.7. The lowest BCUT2D eigenvalue weighted by atomic mass is 9.45. The van der Waals surface area contributed by atoms with Crippen LogP contribution in [0.25, 0.3) is 0 Å². The lowest BCUT2D eigenvalue weighted by molar-refractivity contribution is -0.130. The van der Waals surface area contributed by atoms with Crippen LogP contribution in [0.15, 0.2) is 34.9 Å². The zero-order chi connectivity index (χ0) is 18.6. The van der Waals surface area contributed by atoms with Crippen molar-refractivity contribution in [2.45, 2.75) is 33.6 Å². The van der Waals surface area contributed by atoms with Gasteiger partial charge in [0.15, 0.2) is 11.6 Å². The maximum atomic E-state index is 12.7. The van der Waals surface area contributed by atoms with Crippen molar-refractivity contribution in [1.82, 2.24) is 0 Å². The van der Waals surface area contributed by atoms with Gasteiger partial charge in [-0.3, -0.25) is 9.59 Å². The first-order valence-electron chi connectivity index (χ1n) is 8.22. The molecule has 0 radical (unpaired) electrons. The molecule has 1 saturated carbocycles. The number of ketones is 2. The molecule has 3 aliphatic rings. The summed E-state index contributed by atoms with van der Waals surface area (Å²) in [6.07, 6.45) is 11.8. The Morgan fingerprint density at radius 1 is 1.12 bits per heavy atom. The van der Waals surface area contributed by atoms with Gasteiger partial charge in [0.05, 0.1) is 16.6 Å². The van der Waals surface area contributed by atoms with Crippen molar-refractivity contribution in [3.63, 3.8) is 0 Å². The predicted octanol–water partition coefficient (Wildman–Crippen LogP) is 3.04. The van der Waals surface area contributed by atoms with E-state index >= 15 is 0 Å². The van der Waals surface area contributed by atoms with E-state index < -0.39 is 16.2 Å². The second kappa shape index (κ2) is 5.05. The third-order valence-corrected chi connectivity index (χ3v) is 6.19. The average Bonchev–Trinajstić information content (AvgIpc) is 2.58. The zero-order valence-electron chi connectivity index (χ0n) is 14.5. The fourth-order valence-corrected chi connectivity index (χ4v) is 4.96. The molecule has 1 fully saturated rings. The van der Waals surface area contributed by atoms with Gasteiger partial charge in [0.1, 0.15) is 12.1 Å². The molecule has 0 aromatic heterocycles. The first-order valence-corrected chi connectivity index (χ1v) is 8.22. The molecule has 124 valence electrons. The van der Waals surface area contributed by atoms with Crippen molar-refractivity contribution in [2.75, 3.05) is 0 Å². The second-order valence-electron chi connectivity index (χ2n) is 7.80. The summed E-state index contributed by atoms with van der Waals surface area (Å²) in [5.74, 6) is 2.19. The molecular weight excluding hydrogens is 312 g/mol. The molecule has 0 spiro atoms. The molecule has 0 N–H and O–H groups in total. The van der Waals surface area contributed by atoms with Gasteiger partial charge in [0.2, 0.25) is 0 Å². The highest BCUT2D eigenvalue weighted by Gasteiger charge is 2.59. The highest BCUT2D eigenvalue weighted by molar-refractivity contribution is 6.09. The van der Waals surface area contributed by atoms with Gasteiger partial charge in [-0.15, -0.1) is 6.42 Å². The van der Waals surface area contributed by atoms with Crippen LogP contribution in [0.4, 0.5) is 0 Å². The summed E-state index contributed by atoms with van der Waals surface area (Å²) in [6, 6.07) is 3.93. The van der Waals surface area contributed by atoms with Crippen LogP contribution >= 0.6 is 0 Å². The highest BCUT2D eigenvalue weighted by atomic mass is 16.1. The third kappa shape index (κ3) is 2.00. The van der Waals surface area contributed by atoms with Crippen LogP contribution in [0.5, 0.6) is 0 Å². The van der Waals surface area contributed by atoms with Gasteiger partial charge < -0.3 is 0 Å². The van der Waals surface area contributed by atoms with Gasteiger partial charge in [0.25, 0.3) is 0 Å². The first kappa shape index (κ1) is 16.9. The Labute approximate surface area is 147 Å². The summed E-state index contributed by atoms with van der Waals surface area (Å²) in [4.78, 5) is 25.0. The smallest absolute Gasteiger partial charge is 0.196 e. The van der Waals surface area contributed by atoms with E-state index in [1.54, 1.807) is 12.2 Å². The Kier molecular flexibility index (Phi) is 3.42. The topological polar surface area (TPSA) is 81.7 Å². The normalized spacial score (nSPS) is 35.7. The monoisotopic (exact) mass is 330 g/mol. The van der Waals surface area contributed by atoms with E-state index in [1.165, 1.54) is 6.08 Å². The molecule has 0 saturated heterocycles. The standard InChI is InChI=1S/C21H18N2O2/c1-5-21-7-6-16-19(2,3)18(25)14(12-23)9-20(16,4)17(21)8-15(24)13(10-21)11-22/h1,8-10,16H,6-7H2,2-4H3/t16?,20-,21?/m0/s1. The zero-order valence-corrected chi connectivity index (χ0v) is 14.5. The summed E-state index contributed by atoms with van der Waals surface area (Å²) in [6.45, 7) is 5.65. The Bertz CT molecular complexity index is 926. The molecule has 4 heteroatoms. The third-order valence-electron chi connectivity index (χ3n) is 6.19. The molecule has 0 aromatic rings. The van der Waals surface area contributed by atoms with Gasteiger partial charge >= 0.3 is 0 Å². The van der Waals surface area contributed by atoms with Crippen LogP contribution in [0.3, 0.4) is 0 Å². The largest absolute Gasteiger partial charge is 0.293 e. The Hall–Kier alpha value is -2.90. The number of Topliss-reactive ketones (excluding diaryl/α,β-unsaturated/α-hetero) is 1. The molecule has 0 bridgehead atoms. The van der Waals surface area contributed by atoms with Crippen LogP contribution in [-0.2, 0) is 9.59 Å². The number of allylic oxidation sites excluding steroid dienone is 6. The molecule has 4 nitrogen and oxygen atoms in total. The molecule has 0 heterocycles. The van der Waals surface area contributed by atoms with Crippen LogP contribution in [0, 0.1) is 57.2 Å². The van der Waals surface area contributed by atoms with Gasteiger partial charge in [-0.2, -0.15) is 10.5 Å². The van der Waals surface area contributed by atoms with Crippen molar-refractivity contribution in [3.8, 4) is 24.5 Å². The fraction of sp³-hybridized carbons (Fsp3) is 0.429. The fourth-order valence-electron chi connectivity index (χ4n) is 4.96. The summed E-state index contributed by atoms with van der Waals surface area (Å²) in [5.41, 5.74) is -1.34. The van der Waals surface area contributed by atoms with Crippen molar-refractivity contribution in [3.05, 3.63) is 34.9 Å². The van der Waals surface area contributed by atoms with Crippen molar-refractivity contribution in [1.29, 1.82) is 10.5 Å². The molecule has 3 atom stereocenters. The van der Waals surface area contributed by atoms with E-state index in [0.29, 0.717) is 12.8 Å². The van der Waals surface area contributed by atoms with E-state index in [4.69, 9.17) is 6.42 Å². The number of nitrogens with zero attached hydrogens (tertiary/aromatic N) is 2. The molecule has 0 aromatic carbocycles. The molecule has 2 unspecified atom stereocenters. The second-order valence-corrected chi connectivity index (χ2v) is 7.80. The summed E-state index contributed by atoms with van der Waals surface area (Å²) < 4.78 is 0. The number of hydrogen-bond acceptors (Lipinski definition) is 4. The SMILES string of the molecule is C#CC12C=C(C#N)C(=O)C=C1[C@@]1(C)C=C(C#N)C(=O)C(C)(C)C1CC2. The van der Waals surface area contributed by atoms with Gasteiger partial charge in [-0.25, -0.2) is 0 Å². The highest BCUT2D eigenvalue weighted by Crippen LogP contribution is 2.63. The summed E-state index contributed by atoms with van der Waals surface area (Å²) in [5, 5.41) is 18.6. The van der Waals surface area contributed by atoms with E-state index in [0.717, 1.165) is 5.57 Å². The molecule has 0 aliphatic heterocycles. The van der Waals surface area contributed by atoms with Crippen molar-refractivity contribution >= 4 is 11.6 Å². The Morgan fingerprint density at radius 2 is 1.76 bits per heavy atom. The quantitative estimate of drug-likeness (QED) is 0.639. The number of fused-ring (bicyclic) bond motifs is 3. The van der Waals surface area contributed by atoms with Crippen LogP contribution < -0.4 is 0 Å². The number of carbonyl (C=O) groups excluding carboxylic acids is 2. The average molecular weight is 330 g/mol. The number of hydrogen-bond donors (Lipinski definition) is 0. The molecule has 3 rings (SSSR count). The van der Waals surface area contributed by atoms with Gasteiger partial charge in [-0.05, 0) is 36.5 Å². The van der Waals surface area contributed by atoms with E-state index in [1.807, 2.05) is 32.9 Å². The Morgan fingerprint density at radius 3 is 2.32 bits per heavy atom. The number of rotatable bonds is 0. The van der Waals surface area contributed by atoms with E-state index in [-0.39, 0.29) is 28.6 Å². The lowest BCUT2D eigenvalue weighted by Crippen LogP contribution is -2.53. The lowest BCUT2D eigenvalue weighted by Gasteiger charge is -2.56. The van der Waals surface area contributed by atoms with Crippen LogP contribution in [0.1, 0.15) is 33.6 Å². The number of nitriles is 2. The molecule has 25 heavy (non-hydrogen) atoms. The van der Waals surface area contributed by atoms with E-state index in [2.05, 4.69) is 5.92 Å². The minimum Gasteiger partial charge on any atom is -0.293 e. The van der Waals surface area contributed by atoms with Crippen LogP contribution in [-0.4, -0.2) is 11.6 Å². The van der Waals surface area contributed by atoms with Crippen molar-refractivity contribution < 1.29 is 9.59 Å². The molecule has 3 aliphatic carbocycles. The van der Waals surface area contributed by atoms with Gasteiger partial charge in [-0.1, -0.05) is 32.8 Å². The minimum absolute atomic E-state index is 0.0550. The molecular formula is C21H18N2O2. The summed E-state index contributed by atoms with van der Waals surface area (Å²) in [7, 11) is 0. The number of terminal acetylenes is 1. The van der Waals surface area contributed by atoms with Gasteiger partial charge in [0, 0.05) is 10.8 Å². The predicted molar refractivity (Wildman–Crippen MR) is 91.4 cm³/mol.